The second-order valence-electron chi connectivity index (χ2n) is 5.21. The van der Waals surface area contributed by atoms with Crippen LogP contribution in [0.2, 0.25) is 0 Å². The lowest BCUT2D eigenvalue weighted by Crippen LogP contribution is -2.42. The highest BCUT2D eigenvalue weighted by Crippen LogP contribution is 2.15. The van der Waals surface area contributed by atoms with Gasteiger partial charge in [0.15, 0.2) is 0 Å². The number of rotatable bonds is 6. The lowest BCUT2D eigenvalue weighted by molar-refractivity contribution is -0.142. The molecule has 1 fully saturated rings. The van der Waals surface area contributed by atoms with Crippen LogP contribution in [0, 0.1) is 0 Å². The molecule has 0 unspecified atom stereocenters. The van der Waals surface area contributed by atoms with Gasteiger partial charge in [-0.25, -0.2) is 0 Å². The highest BCUT2D eigenvalue weighted by atomic mass is 16.2. The van der Waals surface area contributed by atoms with Gasteiger partial charge in [0.25, 0.3) is 0 Å². The predicted molar refractivity (Wildman–Crippen MR) is 83.4 cm³/mol. The van der Waals surface area contributed by atoms with Crippen LogP contribution in [0.1, 0.15) is 25.3 Å². The van der Waals surface area contributed by atoms with Crippen molar-refractivity contribution in [1.82, 2.24) is 10.2 Å². The summed E-state index contributed by atoms with van der Waals surface area (Å²) < 4.78 is 0. The Kier molecular flexibility index (Phi) is 5.46. The molecule has 2 N–H and O–H groups in total. The van der Waals surface area contributed by atoms with Gasteiger partial charge in [-0.05, 0) is 18.1 Å². The van der Waals surface area contributed by atoms with Crippen molar-refractivity contribution in [2.45, 2.75) is 26.2 Å². The molecule has 0 bridgehead atoms. The Morgan fingerprint density at radius 3 is 2.39 bits per heavy atom. The van der Waals surface area contributed by atoms with Crippen molar-refractivity contribution in [1.29, 1.82) is 0 Å². The minimum Gasteiger partial charge on any atom is -0.345 e. The zero-order valence-electron chi connectivity index (χ0n) is 12.9. The van der Waals surface area contributed by atoms with Gasteiger partial charge in [0.05, 0.1) is 6.54 Å². The van der Waals surface area contributed by atoms with Gasteiger partial charge >= 0.3 is 0 Å². The van der Waals surface area contributed by atoms with Gasteiger partial charge in [-0.15, -0.1) is 0 Å². The molecule has 0 radical (unpaired) electrons. The van der Waals surface area contributed by atoms with E-state index >= 15 is 0 Å². The van der Waals surface area contributed by atoms with Crippen LogP contribution in [0.5, 0.6) is 0 Å². The summed E-state index contributed by atoms with van der Waals surface area (Å²) in [4.78, 5) is 47.4. The summed E-state index contributed by atoms with van der Waals surface area (Å²) in [6.07, 6.45) is 1.06. The first-order valence-electron chi connectivity index (χ1n) is 7.49. The molecule has 7 heteroatoms. The molecule has 0 saturated carbocycles. The van der Waals surface area contributed by atoms with E-state index in [4.69, 9.17) is 0 Å². The monoisotopic (exact) mass is 317 g/mol. The normalized spacial score (nSPS) is 14.0. The van der Waals surface area contributed by atoms with E-state index in [1.165, 1.54) is 0 Å². The molecular formula is C16H19N3O4. The van der Waals surface area contributed by atoms with Crippen LogP contribution in [0.25, 0.3) is 0 Å². The lowest BCUT2D eigenvalue weighted by Gasteiger charge is -2.14. The first kappa shape index (κ1) is 16.7. The minimum atomic E-state index is -0.535. The van der Waals surface area contributed by atoms with Crippen molar-refractivity contribution >= 4 is 29.3 Å². The Labute approximate surface area is 134 Å². The molecule has 7 nitrogen and oxygen atoms in total. The zero-order chi connectivity index (χ0) is 16.8. The quantitative estimate of drug-likeness (QED) is 0.745. The van der Waals surface area contributed by atoms with E-state index in [0.29, 0.717) is 5.69 Å². The van der Waals surface area contributed by atoms with Crippen molar-refractivity contribution in [3.05, 3.63) is 29.8 Å². The largest absolute Gasteiger partial charge is 0.345 e. The fourth-order valence-corrected chi connectivity index (χ4v) is 2.32. The number of benzene rings is 1. The SMILES string of the molecule is CCc1ccccc1NC(=O)CNC(=O)CN1C(=O)CCC1=O. The Bertz CT molecular complexity index is 626. The van der Waals surface area contributed by atoms with E-state index in [1.807, 2.05) is 25.1 Å². The van der Waals surface area contributed by atoms with Gasteiger partial charge in [-0.3, -0.25) is 24.1 Å². The number of hydrogen-bond acceptors (Lipinski definition) is 4. The number of carbonyl (C=O) groups excluding carboxylic acids is 4. The van der Waals surface area contributed by atoms with E-state index < -0.39 is 5.91 Å². The maximum Gasteiger partial charge on any atom is 0.243 e. The summed E-state index contributed by atoms with van der Waals surface area (Å²) in [5.74, 6) is -1.61. The smallest absolute Gasteiger partial charge is 0.243 e. The third-order valence-corrected chi connectivity index (χ3v) is 3.58. The fraction of sp³-hybridized carbons (Fsp3) is 0.375. The number of carbonyl (C=O) groups is 4. The van der Waals surface area contributed by atoms with Gasteiger partial charge in [-0.1, -0.05) is 25.1 Å². The Balaban J connectivity index is 1.81. The maximum absolute atomic E-state index is 11.9. The second-order valence-corrected chi connectivity index (χ2v) is 5.21. The number of aryl methyl sites for hydroxylation is 1. The number of para-hydroxylation sites is 1. The van der Waals surface area contributed by atoms with Crippen molar-refractivity contribution in [2.24, 2.45) is 0 Å². The van der Waals surface area contributed by atoms with Crippen molar-refractivity contribution in [3.63, 3.8) is 0 Å². The molecule has 0 atom stereocenters. The van der Waals surface area contributed by atoms with Crippen LogP contribution in [-0.2, 0) is 25.6 Å². The second kappa shape index (κ2) is 7.53. The van der Waals surface area contributed by atoms with E-state index in [2.05, 4.69) is 10.6 Å². The van der Waals surface area contributed by atoms with E-state index in [-0.39, 0.29) is 43.7 Å². The number of imide groups is 1. The van der Waals surface area contributed by atoms with E-state index in [0.717, 1.165) is 16.9 Å². The topological polar surface area (TPSA) is 95.6 Å². The summed E-state index contributed by atoms with van der Waals surface area (Å²) in [5.41, 5.74) is 1.71. The molecule has 4 amide bonds. The number of amides is 4. The minimum absolute atomic E-state index is 0.139. The number of anilines is 1. The van der Waals surface area contributed by atoms with Crippen LogP contribution in [0.4, 0.5) is 5.69 Å². The Morgan fingerprint density at radius 2 is 1.74 bits per heavy atom. The number of likely N-dealkylation sites (tertiary alicyclic amines) is 1. The molecule has 0 aliphatic carbocycles. The van der Waals surface area contributed by atoms with Crippen LogP contribution < -0.4 is 10.6 Å². The van der Waals surface area contributed by atoms with Gasteiger partial charge in [0.1, 0.15) is 6.54 Å². The molecule has 2 rings (SSSR count). The van der Waals surface area contributed by atoms with Crippen LogP contribution in [0.15, 0.2) is 24.3 Å². The van der Waals surface area contributed by atoms with Gasteiger partial charge in [-0.2, -0.15) is 0 Å². The predicted octanol–water partition coefficient (Wildman–Crippen LogP) is 0.453. The molecule has 1 aliphatic heterocycles. The third kappa shape index (κ3) is 4.38. The van der Waals surface area contributed by atoms with Crippen LogP contribution in [0.3, 0.4) is 0 Å². The molecule has 1 aliphatic rings. The number of nitrogens with one attached hydrogen (secondary N) is 2. The Hall–Kier alpha value is -2.70. The first-order chi connectivity index (χ1) is 11.0. The van der Waals surface area contributed by atoms with Crippen LogP contribution in [-0.4, -0.2) is 41.6 Å². The molecule has 1 aromatic rings. The molecule has 1 aromatic carbocycles. The summed E-state index contributed by atoms with van der Waals surface area (Å²) in [6, 6.07) is 7.41. The summed E-state index contributed by atoms with van der Waals surface area (Å²) in [7, 11) is 0. The van der Waals surface area contributed by atoms with Gasteiger partial charge in [0.2, 0.25) is 23.6 Å². The van der Waals surface area contributed by atoms with Crippen LogP contribution >= 0.6 is 0 Å². The van der Waals surface area contributed by atoms with Crippen molar-refractivity contribution in [3.8, 4) is 0 Å². The standard InChI is InChI=1S/C16H19N3O4/c1-2-11-5-3-4-6-12(11)18-13(20)9-17-14(21)10-19-15(22)7-8-16(19)23/h3-6H,2,7-10H2,1H3,(H,17,21)(H,18,20). The van der Waals surface area contributed by atoms with E-state index in [1.54, 1.807) is 6.07 Å². The third-order valence-electron chi connectivity index (χ3n) is 3.58. The molecule has 1 saturated heterocycles. The first-order valence-corrected chi connectivity index (χ1v) is 7.49. The van der Waals surface area contributed by atoms with Gasteiger partial charge < -0.3 is 10.6 Å². The number of nitrogens with zero attached hydrogens (tertiary/aromatic N) is 1. The van der Waals surface area contributed by atoms with Crippen molar-refractivity contribution < 1.29 is 19.2 Å². The Morgan fingerprint density at radius 1 is 1.09 bits per heavy atom. The highest BCUT2D eigenvalue weighted by Gasteiger charge is 2.30. The molecule has 0 spiro atoms. The summed E-state index contributed by atoms with van der Waals surface area (Å²) in [6.45, 7) is 1.43. The molecule has 0 aromatic heterocycles. The molecular weight excluding hydrogens is 298 g/mol. The number of hydrogen-bond donors (Lipinski definition) is 2. The molecule has 23 heavy (non-hydrogen) atoms. The molecule has 122 valence electrons. The fourth-order valence-electron chi connectivity index (χ4n) is 2.32. The van der Waals surface area contributed by atoms with Crippen molar-refractivity contribution in [2.75, 3.05) is 18.4 Å². The summed E-state index contributed by atoms with van der Waals surface area (Å²) >= 11 is 0. The maximum atomic E-state index is 11.9. The highest BCUT2D eigenvalue weighted by molar-refractivity contribution is 6.05. The molecule has 1 heterocycles. The zero-order valence-corrected chi connectivity index (χ0v) is 12.9. The average molecular weight is 317 g/mol. The lowest BCUT2D eigenvalue weighted by atomic mass is 10.1. The van der Waals surface area contributed by atoms with E-state index in [9.17, 15) is 19.2 Å². The summed E-state index contributed by atoms with van der Waals surface area (Å²) in [5, 5.41) is 5.14. The van der Waals surface area contributed by atoms with Gasteiger partial charge in [0, 0.05) is 18.5 Å². The average Bonchev–Trinajstić information content (AvgIpc) is 2.85.